The molecule has 0 bridgehead atoms. The highest BCUT2D eigenvalue weighted by atomic mass is 14.4. The summed E-state index contributed by atoms with van der Waals surface area (Å²) in [6.45, 7) is 2.31. The molecule has 0 aromatic rings. The van der Waals surface area contributed by atoms with Gasteiger partial charge in [0.1, 0.15) is 0 Å². The summed E-state index contributed by atoms with van der Waals surface area (Å²) in [5.74, 6) is 3.83. The Morgan fingerprint density at radius 2 is 1.55 bits per heavy atom. The van der Waals surface area contributed by atoms with Crippen LogP contribution in [0.3, 0.4) is 0 Å². The highest BCUT2D eigenvalue weighted by Gasteiger charge is 2.29. The summed E-state index contributed by atoms with van der Waals surface area (Å²) in [6, 6.07) is 2.04. The Morgan fingerprint density at radius 3 is 2.14 bits per heavy atom. The maximum Gasteiger partial charge on any atom is 0.0912 e. The summed E-state index contributed by atoms with van der Waals surface area (Å²) in [5.41, 5.74) is 0. The molecule has 2 fully saturated rings. The van der Waals surface area contributed by atoms with Crippen molar-refractivity contribution in [2.75, 3.05) is 0 Å². The predicted octanol–water partition coefficient (Wildman–Crippen LogP) is 6.43. The monoisotopic (exact) mass is 299 g/mol. The van der Waals surface area contributed by atoms with Crippen LogP contribution < -0.4 is 0 Å². The van der Waals surface area contributed by atoms with Gasteiger partial charge >= 0.3 is 0 Å². The molecule has 0 N–H and O–H groups in total. The first-order valence-electron chi connectivity index (χ1n) is 9.56. The highest BCUT2D eigenvalue weighted by molar-refractivity contribution is 5.12. The Labute approximate surface area is 137 Å². The standard InChI is InChI=1S/C21H33N/c1-2-3-7-18-9-13-20(14-10-18)21-15-11-19(12-16-21)8-5-4-6-17-22/h4-6,8,18-21H,2-3,7,9-16H2,1H3. The van der Waals surface area contributed by atoms with Gasteiger partial charge in [-0.15, -0.1) is 0 Å². The Kier molecular flexibility index (Phi) is 7.78. The molecule has 0 radical (unpaired) electrons. The van der Waals surface area contributed by atoms with Crippen molar-refractivity contribution in [3.63, 3.8) is 0 Å². The molecule has 0 aliphatic heterocycles. The van der Waals surface area contributed by atoms with E-state index < -0.39 is 0 Å². The molecule has 2 rings (SSSR count). The molecule has 0 aromatic carbocycles. The van der Waals surface area contributed by atoms with Crippen molar-refractivity contribution in [3.8, 4) is 6.07 Å². The van der Waals surface area contributed by atoms with E-state index in [0.717, 1.165) is 23.7 Å². The van der Waals surface area contributed by atoms with Crippen LogP contribution in [-0.2, 0) is 0 Å². The second-order valence-corrected chi connectivity index (χ2v) is 7.47. The van der Waals surface area contributed by atoms with E-state index in [1.807, 2.05) is 12.1 Å². The summed E-state index contributed by atoms with van der Waals surface area (Å²) >= 11 is 0. The SMILES string of the molecule is CCCCC1CCC(C2CCC(C=CC=CC#N)CC2)CC1. The third kappa shape index (κ3) is 5.64. The van der Waals surface area contributed by atoms with Crippen LogP contribution in [0, 0.1) is 35.0 Å². The van der Waals surface area contributed by atoms with Crippen molar-refractivity contribution in [1.29, 1.82) is 5.26 Å². The van der Waals surface area contributed by atoms with Crippen molar-refractivity contribution >= 4 is 0 Å². The molecule has 0 saturated heterocycles. The highest BCUT2D eigenvalue weighted by Crippen LogP contribution is 2.42. The number of rotatable bonds is 6. The number of unbranched alkanes of at least 4 members (excludes halogenated alkanes) is 1. The minimum absolute atomic E-state index is 0.750. The molecular formula is C21H33N. The van der Waals surface area contributed by atoms with Gasteiger partial charge in [0.05, 0.1) is 6.07 Å². The Bertz CT molecular complexity index is 385. The van der Waals surface area contributed by atoms with E-state index >= 15 is 0 Å². The fraction of sp³-hybridized carbons (Fsp3) is 0.762. The molecule has 122 valence electrons. The molecule has 2 aliphatic rings. The van der Waals surface area contributed by atoms with Crippen LogP contribution in [0.1, 0.15) is 77.6 Å². The zero-order valence-corrected chi connectivity index (χ0v) is 14.3. The van der Waals surface area contributed by atoms with E-state index in [0.29, 0.717) is 0 Å². The minimum atomic E-state index is 0.750. The quantitative estimate of drug-likeness (QED) is 0.410. The number of nitriles is 1. The lowest BCUT2D eigenvalue weighted by atomic mass is 9.68. The van der Waals surface area contributed by atoms with Crippen LogP contribution >= 0.6 is 0 Å². The lowest BCUT2D eigenvalue weighted by Gasteiger charge is -2.37. The van der Waals surface area contributed by atoms with E-state index in [2.05, 4.69) is 19.1 Å². The maximum atomic E-state index is 8.48. The van der Waals surface area contributed by atoms with Gasteiger partial charge in [-0.3, -0.25) is 0 Å². The smallest absolute Gasteiger partial charge is 0.0912 e. The fourth-order valence-corrected chi connectivity index (χ4v) is 4.57. The summed E-state index contributed by atoms with van der Waals surface area (Å²) in [5, 5.41) is 8.48. The molecule has 0 heterocycles. The molecule has 1 heteroatoms. The normalized spacial score (nSPS) is 33.3. The maximum absolute atomic E-state index is 8.48. The van der Waals surface area contributed by atoms with E-state index in [1.165, 1.54) is 70.6 Å². The van der Waals surface area contributed by atoms with Crippen molar-refractivity contribution in [3.05, 3.63) is 24.3 Å². The summed E-state index contributed by atoms with van der Waals surface area (Å²) in [4.78, 5) is 0. The zero-order chi connectivity index (χ0) is 15.6. The molecule has 0 aromatic heterocycles. The van der Waals surface area contributed by atoms with Crippen molar-refractivity contribution < 1.29 is 0 Å². The van der Waals surface area contributed by atoms with Crippen LogP contribution in [0.2, 0.25) is 0 Å². The molecule has 0 amide bonds. The first-order chi connectivity index (χ1) is 10.8. The summed E-state index contributed by atoms with van der Waals surface area (Å²) < 4.78 is 0. The molecule has 2 saturated carbocycles. The molecule has 0 atom stereocenters. The molecule has 2 aliphatic carbocycles. The van der Waals surface area contributed by atoms with Gasteiger partial charge in [0.15, 0.2) is 0 Å². The summed E-state index contributed by atoms with van der Waals surface area (Å²) in [7, 11) is 0. The van der Waals surface area contributed by atoms with Gasteiger partial charge in [-0.2, -0.15) is 5.26 Å². The second-order valence-electron chi connectivity index (χ2n) is 7.47. The minimum Gasteiger partial charge on any atom is -0.193 e. The number of nitrogens with zero attached hydrogens (tertiary/aromatic N) is 1. The molecule has 0 unspecified atom stereocenters. The first-order valence-corrected chi connectivity index (χ1v) is 9.56. The largest absolute Gasteiger partial charge is 0.193 e. The number of hydrogen-bond acceptors (Lipinski definition) is 1. The average molecular weight is 300 g/mol. The topological polar surface area (TPSA) is 23.8 Å². The van der Waals surface area contributed by atoms with Crippen molar-refractivity contribution in [1.82, 2.24) is 0 Å². The molecular weight excluding hydrogens is 266 g/mol. The average Bonchev–Trinajstić information content (AvgIpc) is 2.58. The van der Waals surface area contributed by atoms with Gasteiger partial charge in [0, 0.05) is 6.08 Å². The van der Waals surface area contributed by atoms with Gasteiger partial charge < -0.3 is 0 Å². The van der Waals surface area contributed by atoms with Gasteiger partial charge in [-0.25, -0.2) is 0 Å². The Morgan fingerprint density at radius 1 is 0.909 bits per heavy atom. The zero-order valence-electron chi connectivity index (χ0n) is 14.3. The van der Waals surface area contributed by atoms with Crippen molar-refractivity contribution in [2.24, 2.45) is 23.7 Å². The van der Waals surface area contributed by atoms with Crippen LogP contribution in [0.4, 0.5) is 0 Å². The predicted molar refractivity (Wildman–Crippen MR) is 94.3 cm³/mol. The van der Waals surface area contributed by atoms with Crippen LogP contribution in [0.5, 0.6) is 0 Å². The third-order valence-electron chi connectivity index (χ3n) is 6.01. The van der Waals surface area contributed by atoms with E-state index in [-0.39, 0.29) is 0 Å². The van der Waals surface area contributed by atoms with E-state index in [9.17, 15) is 0 Å². The van der Waals surface area contributed by atoms with Crippen molar-refractivity contribution in [2.45, 2.75) is 77.6 Å². The van der Waals surface area contributed by atoms with Crippen LogP contribution in [-0.4, -0.2) is 0 Å². The van der Waals surface area contributed by atoms with Crippen LogP contribution in [0.25, 0.3) is 0 Å². The van der Waals surface area contributed by atoms with E-state index in [1.54, 1.807) is 6.08 Å². The van der Waals surface area contributed by atoms with Crippen LogP contribution in [0.15, 0.2) is 24.3 Å². The van der Waals surface area contributed by atoms with Gasteiger partial charge in [0.2, 0.25) is 0 Å². The fourth-order valence-electron chi connectivity index (χ4n) is 4.57. The first kappa shape index (κ1) is 17.3. The molecule has 0 spiro atoms. The third-order valence-corrected chi connectivity index (χ3v) is 6.01. The molecule has 22 heavy (non-hydrogen) atoms. The number of allylic oxidation sites excluding steroid dienone is 4. The second kappa shape index (κ2) is 9.88. The Balaban J connectivity index is 1.66. The summed E-state index contributed by atoms with van der Waals surface area (Å²) in [6.07, 6.45) is 23.7. The van der Waals surface area contributed by atoms with Gasteiger partial charge in [-0.05, 0) is 62.2 Å². The van der Waals surface area contributed by atoms with Gasteiger partial charge in [0.25, 0.3) is 0 Å². The molecule has 1 nitrogen and oxygen atoms in total. The number of hydrogen-bond donors (Lipinski definition) is 0. The Hall–Kier alpha value is -1.03. The lowest BCUT2D eigenvalue weighted by molar-refractivity contribution is 0.152. The van der Waals surface area contributed by atoms with E-state index in [4.69, 9.17) is 5.26 Å². The lowest BCUT2D eigenvalue weighted by Crippen LogP contribution is -2.25. The van der Waals surface area contributed by atoms with Gasteiger partial charge in [-0.1, -0.05) is 57.3 Å².